The van der Waals surface area contributed by atoms with Crippen LogP contribution in [-0.4, -0.2) is 47.6 Å². The van der Waals surface area contributed by atoms with E-state index in [0.717, 1.165) is 30.0 Å². The number of aryl methyl sites for hydroxylation is 1. The number of hydrogen-bond donors (Lipinski definition) is 0. The molecule has 0 aromatic carbocycles. The van der Waals surface area contributed by atoms with Crippen LogP contribution in [0.2, 0.25) is 0 Å². The first-order valence-electron chi connectivity index (χ1n) is 6.88. The Labute approximate surface area is 118 Å². The Bertz CT molecular complexity index is 709. The summed E-state index contributed by atoms with van der Waals surface area (Å²) in [6.45, 7) is 3.16. The van der Waals surface area contributed by atoms with Crippen LogP contribution in [0.15, 0.2) is 18.3 Å². The highest BCUT2D eigenvalue weighted by atomic mass is 32.2. The number of hydrogen-bond acceptors (Lipinski definition) is 5. The van der Waals surface area contributed by atoms with Gasteiger partial charge in [-0.05, 0) is 6.42 Å². The predicted molar refractivity (Wildman–Crippen MR) is 77.8 cm³/mol. The maximum absolute atomic E-state index is 11.5. The largest absolute Gasteiger partial charge is 0.354 e. The third kappa shape index (κ3) is 2.49. The SMILES string of the molecule is CCCc1cc(N2CCS(=O)(=O)CC2)n2nccc2n1. The lowest BCUT2D eigenvalue weighted by molar-refractivity contribution is 0.585. The van der Waals surface area contributed by atoms with Crippen molar-refractivity contribution in [1.29, 1.82) is 0 Å². The van der Waals surface area contributed by atoms with E-state index >= 15 is 0 Å². The molecular formula is C13H18N4O2S. The molecule has 0 spiro atoms. The van der Waals surface area contributed by atoms with Crippen molar-refractivity contribution in [1.82, 2.24) is 14.6 Å². The van der Waals surface area contributed by atoms with E-state index in [1.165, 1.54) is 0 Å². The van der Waals surface area contributed by atoms with Crippen molar-refractivity contribution < 1.29 is 8.42 Å². The first-order valence-corrected chi connectivity index (χ1v) is 8.70. The second-order valence-corrected chi connectivity index (χ2v) is 7.40. The van der Waals surface area contributed by atoms with Gasteiger partial charge >= 0.3 is 0 Å². The minimum Gasteiger partial charge on any atom is -0.354 e. The smallest absolute Gasteiger partial charge is 0.157 e. The van der Waals surface area contributed by atoms with Crippen LogP contribution < -0.4 is 4.90 Å². The van der Waals surface area contributed by atoms with Gasteiger partial charge in [-0.2, -0.15) is 9.61 Å². The van der Waals surface area contributed by atoms with E-state index in [1.54, 1.807) is 10.7 Å². The molecule has 0 aliphatic carbocycles. The van der Waals surface area contributed by atoms with Crippen LogP contribution >= 0.6 is 0 Å². The van der Waals surface area contributed by atoms with Crippen molar-refractivity contribution in [2.24, 2.45) is 0 Å². The van der Waals surface area contributed by atoms with E-state index in [1.807, 2.05) is 12.1 Å². The van der Waals surface area contributed by atoms with Gasteiger partial charge in [-0.15, -0.1) is 0 Å². The molecular weight excluding hydrogens is 276 g/mol. The molecule has 20 heavy (non-hydrogen) atoms. The summed E-state index contributed by atoms with van der Waals surface area (Å²) >= 11 is 0. The van der Waals surface area contributed by atoms with Gasteiger partial charge in [0.1, 0.15) is 5.82 Å². The zero-order chi connectivity index (χ0) is 14.2. The molecule has 6 nitrogen and oxygen atoms in total. The number of fused-ring (bicyclic) bond motifs is 1. The highest BCUT2D eigenvalue weighted by molar-refractivity contribution is 7.91. The Morgan fingerprint density at radius 2 is 2.05 bits per heavy atom. The zero-order valence-corrected chi connectivity index (χ0v) is 12.3. The maximum atomic E-state index is 11.5. The number of sulfone groups is 1. The van der Waals surface area contributed by atoms with Gasteiger partial charge in [0.15, 0.2) is 15.5 Å². The van der Waals surface area contributed by atoms with E-state index in [9.17, 15) is 8.42 Å². The summed E-state index contributed by atoms with van der Waals surface area (Å²) in [6.07, 6.45) is 3.67. The summed E-state index contributed by atoms with van der Waals surface area (Å²) < 4.78 is 24.9. The lowest BCUT2D eigenvalue weighted by Crippen LogP contribution is -2.41. The Hall–Kier alpha value is -1.63. The molecule has 7 heteroatoms. The van der Waals surface area contributed by atoms with Gasteiger partial charge in [-0.25, -0.2) is 13.4 Å². The molecule has 0 atom stereocenters. The van der Waals surface area contributed by atoms with Crippen LogP contribution in [0.3, 0.4) is 0 Å². The molecule has 3 rings (SSSR count). The summed E-state index contributed by atoms with van der Waals surface area (Å²) in [5.74, 6) is 1.36. The third-order valence-corrected chi connectivity index (χ3v) is 5.18. The van der Waals surface area contributed by atoms with E-state index in [0.29, 0.717) is 13.1 Å². The monoisotopic (exact) mass is 294 g/mol. The summed E-state index contributed by atoms with van der Waals surface area (Å²) in [5, 5.41) is 4.29. The molecule has 1 fully saturated rings. The molecule has 0 amide bonds. The Kier molecular flexibility index (Phi) is 3.37. The third-order valence-electron chi connectivity index (χ3n) is 3.57. The molecule has 1 aliphatic heterocycles. The number of nitrogens with zero attached hydrogens (tertiary/aromatic N) is 4. The minimum absolute atomic E-state index is 0.210. The van der Waals surface area contributed by atoms with Crippen molar-refractivity contribution >= 4 is 21.3 Å². The highest BCUT2D eigenvalue weighted by Crippen LogP contribution is 2.20. The summed E-state index contributed by atoms with van der Waals surface area (Å²) in [6, 6.07) is 3.91. The van der Waals surface area contributed by atoms with Gasteiger partial charge in [0, 0.05) is 30.9 Å². The summed E-state index contributed by atoms with van der Waals surface area (Å²) in [4.78, 5) is 6.65. The lowest BCUT2D eigenvalue weighted by Gasteiger charge is -2.29. The van der Waals surface area contributed by atoms with Crippen LogP contribution in [0.4, 0.5) is 5.82 Å². The molecule has 0 N–H and O–H groups in total. The highest BCUT2D eigenvalue weighted by Gasteiger charge is 2.23. The zero-order valence-electron chi connectivity index (χ0n) is 11.5. The van der Waals surface area contributed by atoms with Crippen molar-refractivity contribution in [3.63, 3.8) is 0 Å². The first-order chi connectivity index (χ1) is 9.59. The van der Waals surface area contributed by atoms with Crippen LogP contribution in [-0.2, 0) is 16.3 Å². The van der Waals surface area contributed by atoms with E-state index < -0.39 is 9.84 Å². The van der Waals surface area contributed by atoms with Crippen LogP contribution in [0.1, 0.15) is 19.0 Å². The van der Waals surface area contributed by atoms with Crippen LogP contribution in [0, 0.1) is 0 Å². The van der Waals surface area contributed by atoms with E-state index in [4.69, 9.17) is 0 Å². The fraction of sp³-hybridized carbons (Fsp3) is 0.538. The predicted octanol–water partition coefficient (Wildman–Crippen LogP) is 0.917. The number of rotatable bonds is 3. The molecule has 108 valence electrons. The average molecular weight is 294 g/mol. The molecule has 0 bridgehead atoms. The standard InChI is InChI=1S/C13H18N4O2S/c1-2-3-11-10-13(17-12(15-11)4-5-14-17)16-6-8-20(18,19)9-7-16/h4-5,10H,2-3,6-9H2,1H3. The molecule has 0 saturated carbocycles. The number of anilines is 1. The molecule has 1 saturated heterocycles. The first kappa shape index (κ1) is 13.4. The Morgan fingerprint density at radius 3 is 2.75 bits per heavy atom. The van der Waals surface area contributed by atoms with Gasteiger partial charge < -0.3 is 4.90 Å². The molecule has 2 aromatic rings. The minimum atomic E-state index is -2.87. The van der Waals surface area contributed by atoms with Crippen LogP contribution in [0.5, 0.6) is 0 Å². The molecule has 1 aliphatic rings. The summed E-state index contributed by atoms with van der Waals surface area (Å²) in [5.41, 5.74) is 1.85. The fourth-order valence-electron chi connectivity index (χ4n) is 2.50. The lowest BCUT2D eigenvalue weighted by atomic mass is 10.2. The number of aromatic nitrogens is 3. The van der Waals surface area contributed by atoms with Gasteiger partial charge in [0.2, 0.25) is 0 Å². The Morgan fingerprint density at radius 1 is 1.30 bits per heavy atom. The normalized spacial score (nSPS) is 18.6. The maximum Gasteiger partial charge on any atom is 0.157 e. The summed E-state index contributed by atoms with van der Waals surface area (Å²) in [7, 11) is -2.87. The van der Waals surface area contributed by atoms with Gasteiger partial charge in [0.25, 0.3) is 0 Å². The van der Waals surface area contributed by atoms with E-state index in [2.05, 4.69) is 21.9 Å². The molecule has 0 unspecified atom stereocenters. The van der Waals surface area contributed by atoms with Gasteiger partial charge in [-0.3, -0.25) is 0 Å². The topological polar surface area (TPSA) is 67.6 Å². The van der Waals surface area contributed by atoms with E-state index in [-0.39, 0.29) is 11.5 Å². The molecule has 2 aromatic heterocycles. The Balaban J connectivity index is 1.99. The molecule has 0 radical (unpaired) electrons. The van der Waals surface area contributed by atoms with Crippen molar-refractivity contribution in [2.75, 3.05) is 29.5 Å². The quantitative estimate of drug-likeness (QED) is 0.842. The van der Waals surface area contributed by atoms with Crippen molar-refractivity contribution in [2.45, 2.75) is 19.8 Å². The average Bonchev–Trinajstić information content (AvgIpc) is 2.86. The fourth-order valence-corrected chi connectivity index (χ4v) is 3.70. The second kappa shape index (κ2) is 5.05. The molecule has 3 heterocycles. The van der Waals surface area contributed by atoms with Crippen molar-refractivity contribution in [3.8, 4) is 0 Å². The van der Waals surface area contributed by atoms with Crippen LogP contribution in [0.25, 0.3) is 5.65 Å². The van der Waals surface area contributed by atoms with Gasteiger partial charge in [-0.1, -0.05) is 13.3 Å². The van der Waals surface area contributed by atoms with Gasteiger partial charge in [0.05, 0.1) is 17.7 Å². The van der Waals surface area contributed by atoms with Crippen molar-refractivity contribution in [3.05, 3.63) is 24.0 Å². The second-order valence-electron chi connectivity index (χ2n) is 5.10.